The highest BCUT2D eigenvalue weighted by Crippen LogP contribution is 2.26. The summed E-state index contributed by atoms with van der Waals surface area (Å²) in [7, 11) is 0. The quantitative estimate of drug-likeness (QED) is 0.814. The lowest BCUT2D eigenvalue weighted by Gasteiger charge is -2.20. The Morgan fingerprint density at radius 1 is 1.23 bits per heavy atom. The minimum absolute atomic E-state index is 0.0433. The van der Waals surface area contributed by atoms with Crippen LogP contribution < -0.4 is 10.1 Å². The highest BCUT2D eigenvalue weighted by molar-refractivity contribution is 5.88. The number of carboxylic acid groups (broad SMARTS) is 1. The van der Waals surface area contributed by atoms with E-state index in [0.717, 1.165) is 23.5 Å². The van der Waals surface area contributed by atoms with E-state index in [9.17, 15) is 31.5 Å². The minimum atomic E-state index is -5.28. The first-order valence-electron chi connectivity index (χ1n) is 5.68. The van der Waals surface area contributed by atoms with Gasteiger partial charge in [-0.1, -0.05) is 0 Å². The summed E-state index contributed by atoms with van der Waals surface area (Å²) in [6.45, 7) is -0.405. The number of aryl methyl sites for hydroxylation is 1. The molecule has 2 N–H and O–H groups in total. The number of benzene rings is 1. The molecule has 0 aliphatic carbocycles. The Kier molecular flexibility index (Phi) is 4.94. The van der Waals surface area contributed by atoms with Gasteiger partial charge in [0.2, 0.25) is 0 Å². The van der Waals surface area contributed by atoms with Gasteiger partial charge in [-0.25, -0.2) is 4.79 Å². The van der Waals surface area contributed by atoms with E-state index >= 15 is 0 Å². The van der Waals surface area contributed by atoms with Gasteiger partial charge in [0.1, 0.15) is 12.3 Å². The largest absolute Gasteiger partial charge is 0.478 e. The van der Waals surface area contributed by atoms with Crippen LogP contribution >= 0.6 is 0 Å². The maximum Gasteiger partial charge on any atom is 0.471 e. The van der Waals surface area contributed by atoms with Crippen molar-refractivity contribution in [2.24, 2.45) is 0 Å². The molecule has 1 aromatic rings. The number of carbonyl (C=O) groups is 2. The van der Waals surface area contributed by atoms with Crippen LogP contribution in [0.1, 0.15) is 15.9 Å². The predicted molar refractivity (Wildman–Crippen MR) is 62.8 cm³/mol. The first-order valence-corrected chi connectivity index (χ1v) is 5.68. The SMILES string of the molecule is Cc1cc(C(=O)O)ccc1OC(F)(F)CNC(=O)C(F)(F)F. The van der Waals surface area contributed by atoms with Gasteiger partial charge >= 0.3 is 24.2 Å². The van der Waals surface area contributed by atoms with Crippen LogP contribution in [0.5, 0.6) is 5.75 Å². The number of aromatic carboxylic acids is 1. The van der Waals surface area contributed by atoms with Gasteiger partial charge in [-0.2, -0.15) is 22.0 Å². The third-order valence-electron chi connectivity index (χ3n) is 2.39. The number of amides is 1. The van der Waals surface area contributed by atoms with Gasteiger partial charge in [0.25, 0.3) is 0 Å². The Morgan fingerprint density at radius 3 is 2.27 bits per heavy atom. The van der Waals surface area contributed by atoms with Crippen molar-refractivity contribution in [3.05, 3.63) is 29.3 Å². The lowest BCUT2D eigenvalue weighted by molar-refractivity contribution is -0.188. The molecule has 1 aromatic carbocycles. The van der Waals surface area contributed by atoms with Crippen LogP contribution in [0, 0.1) is 6.92 Å². The molecule has 1 amide bonds. The first kappa shape index (κ1) is 17.7. The third-order valence-corrected chi connectivity index (χ3v) is 2.39. The predicted octanol–water partition coefficient (Wildman–Crippen LogP) is 2.34. The highest BCUT2D eigenvalue weighted by Gasteiger charge is 2.41. The molecule has 0 heterocycles. The van der Waals surface area contributed by atoms with Gasteiger partial charge < -0.3 is 15.2 Å². The Morgan fingerprint density at radius 2 is 1.82 bits per heavy atom. The lowest BCUT2D eigenvalue weighted by Crippen LogP contribution is -2.45. The normalized spacial score (nSPS) is 11.9. The fourth-order valence-corrected chi connectivity index (χ4v) is 1.38. The van der Waals surface area contributed by atoms with E-state index < -0.39 is 36.5 Å². The van der Waals surface area contributed by atoms with Gasteiger partial charge in [-0.15, -0.1) is 0 Å². The number of nitrogens with one attached hydrogen (secondary N) is 1. The number of carboxylic acids is 1. The van der Waals surface area contributed by atoms with Crippen LogP contribution in [0.3, 0.4) is 0 Å². The van der Waals surface area contributed by atoms with Crippen LogP contribution in [0.2, 0.25) is 0 Å². The van der Waals surface area contributed by atoms with E-state index in [0.29, 0.717) is 0 Å². The van der Waals surface area contributed by atoms with Crippen LogP contribution in [0.4, 0.5) is 22.0 Å². The first-order chi connectivity index (χ1) is 9.92. The molecule has 1 rings (SSSR count). The van der Waals surface area contributed by atoms with Crippen LogP contribution in [0.15, 0.2) is 18.2 Å². The zero-order valence-electron chi connectivity index (χ0n) is 11.0. The molecule has 0 bridgehead atoms. The topological polar surface area (TPSA) is 75.6 Å². The average Bonchev–Trinajstić information content (AvgIpc) is 2.37. The summed E-state index contributed by atoms with van der Waals surface area (Å²) in [5.41, 5.74) is -0.125. The monoisotopic (exact) mass is 327 g/mol. The maximum absolute atomic E-state index is 13.4. The van der Waals surface area contributed by atoms with Crippen molar-refractivity contribution in [2.75, 3.05) is 6.54 Å². The standard InChI is InChI=1S/C12H10F5NO4/c1-6-4-7(9(19)20)2-3-8(6)22-11(13,14)5-18-10(21)12(15,16)17/h2-4H,5H2,1H3,(H,18,21)(H,19,20). The Labute approximate surface area is 120 Å². The number of halogens is 5. The number of rotatable bonds is 5. The summed E-state index contributed by atoms with van der Waals surface area (Å²) in [4.78, 5) is 21.1. The van der Waals surface area contributed by atoms with E-state index in [1.165, 1.54) is 6.92 Å². The van der Waals surface area contributed by atoms with Gasteiger partial charge in [-0.05, 0) is 30.7 Å². The summed E-state index contributed by atoms with van der Waals surface area (Å²) in [5.74, 6) is -4.22. The second kappa shape index (κ2) is 6.16. The van der Waals surface area contributed by atoms with E-state index in [2.05, 4.69) is 4.74 Å². The molecule has 10 heteroatoms. The van der Waals surface area contributed by atoms with Crippen molar-refractivity contribution in [3.8, 4) is 5.75 Å². The number of hydrogen-bond acceptors (Lipinski definition) is 3. The molecular weight excluding hydrogens is 317 g/mol. The van der Waals surface area contributed by atoms with Crippen molar-refractivity contribution in [1.29, 1.82) is 0 Å². The zero-order valence-corrected chi connectivity index (χ0v) is 11.0. The Bertz CT molecular complexity index is 585. The molecule has 0 aliphatic rings. The zero-order chi connectivity index (χ0) is 17.1. The van der Waals surface area contributed by atoms with E-state index in [1.54, 1.807) is 0 Å². The summed E-state index contributed by atoms with van der Waals surface area (Å²) in [6.07, 6.45) is -9.38. The number of ether oxygens (including phenoxy) is 1. The number of alkyl halides is 5. The molecule has 0 aliphatic heterocycles. The second-order valence-electron chi connectivity index (χ2n) is 4.21. The number of hydrogen-bond donors (Lipinski definition) is 2. The fraction of sp³-hybridized carbons (Fsp3) is 0.333. The Hall–Kier alpha value is -2.39. The molecule has 0 aromatic heterocycles. The molecule has 0 spiro atoms. The molecule has 0 atom stereocenters. The minimum Gasteiger partial charge on any atom is -0.478 e. The summed E-state index contributed by atoms with van der Waals surface area (Å²) >= 11 is 0. The van der Waals surface area contributed by atoms with E-state index in [4.69, 9.17) is 5.11 Å². The molecule has 0 saturated heterocycles. The summed E-state index contributed by atoms with van der Waals surface area (Å²) < 4.78 is 66.6. The summed E-state index contributed by atoms with van der Waals surface area (Å²) in [6, 6.07) is 3.00. The molecule has 0 fully saturated rings. The molecular formula is C12H10F5NO4. The molecule has 5 nitrogen and oxygen atoms in total. The third kappa shape index (κ3) is 4.86. The van der Waals surface area contributed by atoms with Gasteiger partial charge in [0.15, 0.2) is 0 Å². The molecule has 0 unspecified atom stereocenters. The maximum atomic E-state index is 13.4. The summed E-state index contributed by atoms with van der Waals surface area (Å²) in [5, 5.41) is 9.71. The van der Waals surface area contributed by atoms with Crippen LogP contribution in [-0.4, -0.2) is 35.8 Å². The lowest BCUT2D eigenvalue weighted by atomic mass is 10.1. The van der Waals surface area contributed by atoms with Crippen molar-refractivity contribution < 1.29 is 41.4 Å². The van der Waals surface area contributed by atoms with Gasteiger partial charge in [0.05, 0.1) is 5.56 Å². The number of carbonyl (C=O) groups excluding carboxylic acids is 1. The van der Waals surface area contributed by atoms with Crippen molar-refractivity contribution >= 4 is 11.9 Å². The van der Waals surface area contributed by atoms with Crippen LogP contribution in [-0.2, 0) is 4.79 Å². The van der Waals surface area contributed by atoms with Crippen LogP contribution in [0.25, 0.3) is 0 Å². The van der Waals surface area contributed by atoms with E-state index in [-0.39, 0.29) is 11.1 Å². The molecule has 0 radical (unpaired) electrons. The smallest absolute Gasteiger partial charge is 0.471 e. The fourth-order valence-electron chi connectivity index (χ4n) is 1.38. The molecule has 0 saturated carbocycles. The molecule has 122 valence electrons. The second-order valence-corrected chi connectivity index (χ2v) is 4.21. The van der Waals surface area contributed by atoms with Crippen molar-refractivity contribution in [1.82, 2.24) is 5.32 Å². The van der Waals surface area contributed by atoms with E-state index in [1.807, 2.05) is 0 Å². The highest BCUT2D eigenvalue weighted by atomic mass is 19.4. The molecule has 22 heavy (non-hydrogen) atoms. The van der Waals surface area contributed by atoms with Gasteiger partial charge in [-0.3, -0.25) is 4.79 Å². The van der Waals surface area contributed by atoms with Crippen molar-refractivity contribution in [3.63, 3.8) is 0 Å². The van der Waals surface area contributed by atoms with Gasteiger partial charge in [0, 0.05) is 0 Å². The Balaban J connectivity index is 2.76. The average molecular weight is 327 g/mol. The van der Waals surface area contributed by atoms with Crippen molar-refractivity contribution in [2.45, 2.75) is 19.2 Å².